The first kappa shape index (κ1) is 18.6. The van der Waals surface area contributed by atoms with Crippen molar-refractivity contribution in [2.75, 3.05) is 11.6 Å². The van der Waals surface area contributed by atoms with E-state index in [1.54, 1.807) is 18.6 Å². The van der Waals surface area contributed by atoms with Crippen LogP contribution in [0.3, 0.4) is 0 Å². The van der Waals surface area contributed by atoms with Crippen LogP contribution in [0.25, 0.3) is 0 Å². The lowest BCUT2D eigenvalue weighted by Gasteiger charge is -2.21. The lowest BCUT2D eigenvalue weighted by atomic mass is 10.1. The fourth-order valence-corrected chi connectivity index (χ4v) is 3.38. The molecular weight excluding hydrogens is 372 g/mol. The second-order valence-electron chi connectivity index (χ2n) is 6.59. The van der Waals surface area contributed by atoms with Gasteiger partial charge in [-0.25, -0.2) is 5.43 Å². The lowest BCUT2D eigenvalue weighted by Crippen LogP contribution is -2.38. The molecule has 1 N–H and O–H groups in total. The van der Waals surface area contributed by atoms with Gasteiger partial charge in [0, 0.05) is 31.2 Å². The molecule has 5 nitrogen and oxygen atoms in total. The van der Waals surface area contributed by atoms with Crippen molar-refractivity contribution in [1.29, 1.82) is 0 Å². The zero-order valence-electron chi connectivity index (χ0n) is 15.3. The van der Waals surface area contributed by atoms with E-state index in [1.165, 1.54) is 0 Å². The van der Waals surface area contributed by atoms with Crippen molar-refractivity contribution in [2.45, 2.75) is 19.1 Å². The Labute approximate surface area is 169 Å². The summed E-state index contributed by atoms with van der Waals surface area (Å²) in [5.41, 5.74) is 7.63. The maximum Gasteiger partial charge on any atom is 0.0757 e. The number of hydrazine groups is 1. The summed E-state index contributed by atoms with van der Waals surface area (Å²) in [7, 11) is 0. The van der Waals surface area contributed by atoms with E-state index in [4.69, 9.17) is 16.3 Å². The van der Waals surface area contributed by atoms with Gasteiger partial charge in [-0.15, -0.1) is 0 Å². The molecule has 1 aliphatic rings. The van der Waals surface area contributed by atoms with Crippen LogP contribution < -0.4 is 10.4 Å². The van der Waals surface area contributed by atoms with Gasteiger partial charge in [0.25, 0.3) is 0 Å². The quantitative estimate of drug-likeness (QED) is 0.654. The summed E-state index contributed by atoms with van der Waals surface area (Å²) in [5, 5.41) is 2.65. The molecule has 0 radical (unpaired) electrons. The molecule has 1 aromatic heterocycles. The number of benzene rings is 2. The third-order valence-corrected chi connectivity index (χ3v) is 4.88. The predicted molar refractivity (Wildman–Crippen MR) is 111 cm³/mol. The van der Waals surface area contributed by atoms with E-state index in [0.29, 0.717) is 18.2 Å². The van der Waals surface area contributed by atoms with E-state index < -0.39 is 0 Å². The number of anilines is 1. The molecule has 0 amide bonds. The molecule has 0 fully saturated rings. The Morgan fingerprint density at radius 2 is 1.82 bits per heavy atom. The number of nitrogens with zero attached hydrogens (tertiary/aromatic N) is 3. The van der Waals surface area contributed by atoms with Crippen LogP contribution in [0.15, 0.2) is 85.0 Å². The number of aromatic nitrogens is 2. The molecule has 6 heteroatoms. The lowest BCUT2D eigenvalue weighted by molar-refractivity contribution is 0.139. The van der Waals surface area contributed by atoms with Gasteiger partial charge in [-0.1, -0.05) is 54.1 Å². The van der Waals surface area contributed by atoms with E-state index in [-0.39, 0.29) is 6.04 Å². The van der Waals surface area contributed by atoms with Crippen molar-refractivity contribution in [2.24, 2.45) is 0 Å². The van der Waals surface area contributed by atoms with Crippen LogP contribution in [0.4, 0.5) is 5.69 Å². The first-order valence-corrected chi connectivity index (χ1v) is 9.54. The summed E-state index contributed by atoms with van der Waals surface area (Å²) in [4.78, 5) is 8.57. The van der Waals surface area contributed by atoms with Crippen molar-refractivity contribution < 1.29 is 4.74 Å². The molecule has 1 aliphatic heterocycles. The van der Waals surface area contributed by atoms with Gasteiger partial charge in [0.2, 0.25) is 0 Å². The van der Waals surface area contributed by atoms with Crippen molar-refractivity contribution in [3.63, 3.8) is 0 Å². The van der Waals surface area contributed by atoms with E-state index in [0.717, 1.165) is 28.9 Å². The van der Waals surface area contributed by atoms with Crippen molar-refractivity contribution in [1.82, 2.24) is 15.4 Å². The molecule has 0 saturated heterocycles. The minimum atomic E-state index is 0.0590. The molecule has 1 unspecified atom stereocenters. The summed E-state index contributed by atoms with van der Waals surface area (Å²) >= 11 is 6.38. The summed E-state index contributed by atoms with van der Waals surface area (Å²) in [5.74, 6) is 0. The highest BCUT2D eigenvalue weighted by atomic mass is 35.5. The Hall–Kier alpha value is -2.73. The van der Waals surface area contributed by atoms with Crippen LogP contribution in [0.5, 0.6) is 0 Å². The predicted octanol–water partition coefficient (Wildman–Crippen LogP) is 4.17. The SMILES string of the molecule is Clc1ccccc1N1C=C(COCc2ccccc2)C(Cc2cnccn2)N1. The number of rotatable bonds is 7. The number of nitrogens with one attached hydrogen (secondary N) is 1. The van der Waals surface area contributed by atoms with Gasteiger partial charge in [0.1, 0.15) is 0 Å². The van der Waals surface area contributed by atoms with Crippen LogP contribution in [-0.2, 0) is 17.8 Å². The van der Waals surface area contributed by atoms with E-state index in [2.05, 4.69) is 33.7 Å². The fourth-order valence-electron chi connectivity index (χ4n) is 3.15. The van der Waals surface area contributed by atoms with E-state index >= 15 is 0 Å². The maximum absolute atomic E-state index is 6.38. The van der Waals surface area contributed by atoms with Gasteiger partial charge < -0.3 is 4.74 Å². The van der Waals surface area contributed by atoms with Crippen LogP contribution in [-0.4, -0.2) is 22.6 Å². The molecular formula is C22H21ClN4O. The van der Waals surface area contributed by atoms with E-state index in [9.17, 15) is 0 Å². The third-order valence-electron chi connectivity index (χ3n) is 4.56. The largest absolute Gasteiger partial charge is 0.372 e. The molecule has 28 heavy (non-hydrogen) atoms. The second-order valence-corrected chi connectivity index (χ2v) is 6.99. The monoisotopic (exact) mass is 392 g/mol. The third kappa shape index (κ3) is 4.57. The van der Waals surface area contributed by atoms with Crippen LogP contribution >= 0.6 is 11.6 Å². The molecule has 0 bridgehead atoms. The Morgan fingerprint density at radius 1 is 1.00 bits per heavy atom. The Bertz CT molecular complexity index is 934. The van der Waals surface area contributed by atoms with Crippen molar-refractivity contribution >= 4 is 17.3 Å². The molecule has 4 rings (SSSR count). The molecule has 2 aromatic carbocycles. The number of ether oxygens (including phenoxy) is 1. The normalized spacial score (nSPS) is 16.2. The summed E-state index contributed by atoms with van der Waals surface area (Å²) in [6.45, 7) is 1.09. The molecule has 0 saturated carbocycles. The van der Waals surface area contributed by atoms with Gasteiger partial charge in [-0.2, -0.15) is 0 Å². The van der Waals surface area contributed by atoms with Gasteiger partial charge in [0.05, 0.1) is 35.7 Å². The average Bonchev–Trinajstić information content (AvgIpc) is 3.12. The molecule has 0 aliphatic carbocycles. The Morgan fingerprint density at radius 3 is 2.61 bits per heavy atom. The Balaban J connectivity index is 1.49. The number of hydrogen-bond donors (Lipinski definition) is 1. The highest BCUT2D eigenvalue weighted by Gasteiger charge is 2.26. The summed E-state index contributed by atoms with van der Waals surface area (Å²) in [6, 6.07) is 18.0. The summed E-state index contributed by atoms with van der Waals surface area (Å²) in [6.07, 6.45) is 7.97. The fraction of sp³-hybridized carbons (Fsp3) is 0.182. The van der Waals surface area contributed by atoms with E-state index in [1.807, 2.05) is 47.5 Å². The Kier molecular flexibility index (Phi) is 5.97. The van der Waals surface area contributed by atoms with Crippen molar-refractivity contribution in [3.05, 3.63) is 101 Å². The van der Waals surface area contributed by atoms with Gasteiger partial charge in [0.15, 0.2) is 0 Å². The molecule has 1 atom stereocenters. The topological polar surface area (TPSA) is 50.3 Å². The minimum Gasteiger partial charge on any atom is -0.372 e. The average molecular weight is 393 g/mol. The first-order chi connectivity index (χ1) is 13.8. The molecule has 142 valence electrons. The molecule has 0 spiro atoms. The van der Waals surface area contributed by atoms with Gasteiger partial charge in [-0.05, 0) is 23.3 Å². The smallest absolute Gasteiger partial charge is 0.0757 e. The number of halogens is 1. The summed E-state index contributed by atoms with van der Waals surface area (Å²) < 4.78 is 5.98. The minimum absolute atomic E-state index is 0.0590. The van der Waals surface area contributed by atoms with Crippen molar-refractivity contribution in [3.8, 4) is 0 Å². The zero-order chi connectivity index (χ0) is 19.2. The van der Waals surface area contributed by atoms with Gasteiger partial charge in [-0.3, -0.25) is 15.0 Å². The number of para-hydroxylation sites is 1. The highest BCUT2D eigenvalue weighted by Crippen LogP contribution is 2.29. The van der Waals surface area contributed by atoms with Crippen LogP contribution in [0.1, 0.15) is 11.3 Å². The highest BCUT2D eigenvalue weighted by molar-refractivity contribution is 6.33. The van der Waals surface area contributed by atoms with Gasteiger partial charge >= 0.3 is 0 Å². The maximum atomic E-state index is 6.38. The molecule has 2 heterocycles. The second kappa shape index (κ2) is 8.97. The van der Waals surface area contributed by atoms with Crippen LogP contribution in [0, 0.1) is 0 Å². The standard InChI is InChI=1S/C22H21ClN4O/c23-20-8-4-5-9-22(20)27-14-18(16-28-15-17-6-2-1-3-7-17)21(26-27)12-19-13-24-10-11-25-19/h1-11,13-14,21,26H,12,15-16H2. The van der Waals surface area contributed by atoms with Crippen LogP contribution in [0.2, 0.25) is 5.02 Å². The molecule has 3 aromatic rings. The number of hydrogen-bond acceptors (Lipinski definition) is 5. The first-order valence-electron chi connectivity index (χ1n) is 9.16. The zero-order valence-corrected chi connectivity index (χ0v) is 16.1.